The molecule has 1 aliphatic heterocycles. The van der Waals surface area contributed by atoms with E-state index in [4.69, 9.17) is 0 Å². The molecular weight excluding hydrogens is 158 g/mol. The number of benzene rings is 1. The fourth-order valence-electron chi connectivity index (χ4n) is 2.87. The van der Waals surface area contributed by atoms with Gasteiger partial charge in [-0.05, 0) is 42.8 Å². The molecule has 1 aliphatic carbocycles. The highest BCUT2D eigenvalue weighted by Gasteiger charge is 2.44. The Morgan fingerprint density at radius 2 is 1.92 bits per heavy atom. The molecule has 3 atom stereocenters. The van der Waals surface area contributed by atoms with Gasteiger partial charge in [0.05, 0.1) is 0 Å². The number of nitrogens with one attached hydrogen (secondary N) is 1. The maximum atomic E-state index is 3.48. The van der Waals surface area contributed by atoms with Crippen molar-refractivity contribution >= 4 is 0 Å². The van der Waals surface area contributed by atoms with E-state index in [-0.39, 0.29) is 0 Å². The monoisotopic (exact) mass is 173 g/mol. The summed E-state index contributed by atoms with van der Waals surface area (Å²) in [6, 6.07) is 11.0. The second-order valence-corrected chi connectivity index (χ2v) is 4.34. The molecule has 1 nitrogen and oxygen atoms in total. The average Bonchev–Trinajstić information content (AvgIpc) is 2.50. The maximum absolute atomic E-state index is 3.48. The molecule has 68 valence electrons. The van der Waals surface area contributed by atoms with E-state index in [9.17, 15) is 0 Å². The first-order valence-corrected chi connectivity index (χ1v) is 5.21. The van der Waals surface area contributed by atoms with Gasteiger partial charge in [-0.1, -0.05) is 30.3 Å². The number of hydrogen-bond acceptors (Lipinski definition) is 1. The van der Waals surface area contributed by atoms with E-state index in [1.54, 1.807) is 5.56 Å². The molecule has 3 rings (SSSR count). The zero-order valence-corrected chi connectivity index (χ0v) is 7.74. The van der Waals surface area contributed by atoms with Gasteiger partial charge in [-0.2, -0.15) is 0 Å². The third-order valence-electron chi connectivity index (χ3n) is 3.69. The lowest BCUT2D eigenvalue weighted by atomic mass is 9.64. The summed E-state index contributed by atoms with van der Waals surface area (Å²) >= 11 is 0. The number of rotatable bonds is 1. The van der Waals surface area contributed by atoms with Crippen LogP contribution in [0.3, 0.4) is 0 Å². The van der Waals surface area contributed by atoms with Crippen LogP contribution < -0.4 is 5.32 Å². The molecule has 1 saturated carbocycles. The van der Waals surface area contributed by atoms with Gasteiger partial charge >= 0.3 is 0 Å². The molecule has 0 amide bonds. The minimum Gasteiger partial charge on any atom is -0.316 e. The second-order valence-electron chi connectivity index (χ2n) is 4.34. The maximum Gasteiger partial charge on any atom is -0.00114 e. The quantitative estimate of drug-likeness (QED) is 0.685. The molecule has 0 unspecified atom stereocenters. The van der Waals surface area contributed by atoms with Crippen LogP contribution >= 0.6 is 0 Å². The molecule has 1 N–H and O–H groups in total. The van der Waals surface area contributed by atoms with Gasteiger partial charge in [0, 0.05) is 0 Å². The Bertz CT molecular complexity index is 293. The molecule has 1 aromatic carbocycles. The van der Waals surface area contributed by atoms with Crippen molar-refractivity contribution in [3.63, 3.8) is 0 Å². The SMILES string of the molecule is c1ccc([C@@H]2C[C@@H]3CNC[C@H]32)cc1. The highest BCUT2D eigenvalue weighted by Crippen LogP contribution is 2.48. The first-order valence-electron chi connectivity index (χ1n) is 5.21. The molecule has 0 radical (unpaired) electrons. The molecule has 0 aromatic heterocycles. The summed E-state index contributed by atoms with van der Waals surface area (Å²) in [5, 5.41) is 3.48. The Kier molecular flexibility index (Phi) is 1.66. The molecule has 2 aliphatic rings. The predicted octanol–water partition coefficient (Wildman–Crippen LogP) is 2.01. The number of fused-ring (bicyclic) bond motifs is 1. The van der Waals surface area contributed by atoms with Crippen molar-refractivity contribution in [1.29, 1.82) is 0 Å². The van der Waals surface area contributed by atoms with Crippen LogP contribution in [0.4, 0.5) is 0 Å². The second kappa shape index (κ2) is 2.85. The molecule has 1 heterocycles. The van der Waals surface area contributed by atoms with E-state index >= 15 is 0 Å². The van der Waals surface area contributed by atoms with Crippen molar-refractivity contribution < 1.29 is 0 Å². The third kappa shape index (κ3) is 1.11. The predicted molar refractivity (Wildman–Crippen MR) is 53.6 cm³/mol. The van der Waals surface area contributed by atoms with Crippen molar-refractivity contribution in [1.82, 2.24) is 5.32 Å². The summed E-state index contributed by atoms with van der Waals surface area (Å²) < 4.78 is 0. The molecule has 1 aromatic rings. The first-order chi connectivity index (χ1) is 6.45. The van der Waals surface area contributed by atoms with Gasteiger partial charge in [0.1, 0.15) is 0 Å². The lowest BCUT2D eigenvalue weighted by Gasteiger charge is -2.40. The summed E-state index contributed by atoms with van der Waals surface area (Å²) in [6.45, 7) is 2.50. The van der Waals surface area contributed by atoms with E-state index < -0.39 is 0 Å². The van der Waals surface area contributed by atoms with Crippen molar-refractivity contribution in [3.05, 3.63) is 35.9 Å². The van der Waals surface area contributed by atoms with Gasteiger partial charge in [0.15, 0.2) is 0 Å². The molecule has 2 fully saturated rings. The molecule has 0 spiro atoms. The lowest BCUT2D eigenvalue weighted by molar-refractivity contribution is 0.191. The Morgan fingerprint density at radius 1 is 1.08 bits per heavy atom. The van der Waals surface area contributed by atoms with Crippen LogP contribution in [0.1, 0.15) is 17.9 Å². The Balaban J connectivity index is 1.81. The first kappa shape index (κ1) is 7.57. The normalized spacial score (nSPS) is 36.8. The van der Waals surface area contributed by atoms with Gasteiger partial charge in [0.2, 0.25) is 0 Å². The summed E-state index contributed by atoms with van der Waals surface area (Å²) in [7, 11) is 0. The minimum atomic E-state index is 0.848. The van der Waals surface area contributed by atoms with Crippen LogP contribution in [0.5, 0.6) is 0 Å². The number of hydrogen-bond donors (Lipinski definition) is 1. The van der Waals surface area contributed by atoms with E-state index in [2.05, 4.69) is 35.6 Å². The average molecular weight is 173 g/mol. The topological polar surface area (TPSA) is 12.0 Å². The van der Waals surface area contributed by atoms with Crippen LogP contribution in [0, 0.1) is 11.8 Å². The highest BCUT2D eigenvalue weighted by atomic mass is 14.9. The van der Waals surface area contributed by atoms with Gasteiger partial charge in [-0.3, -0.25) is 0 Å². The third-order valence-corrected chi connectivity index (χ3v) is 3.69. The molecule has 1 heteroatoms. The zero-order valence-electron chi connectivity index (χ0n) is 7.74. The Labute approximate surface area is 79.2 Å². The smallest absolute Gasteiger partial charge is 0.00114 e. The fraction of sp³-hybridized carbons (Fsp3) is 0.500. The summed E-state index contributed by atoms with van der Waals surface area (Å²) in [6.07, 6.45) is 1.40. The van der Waals surface area contributed by atoms with Crippen LogP contribution in [-0.4, -0.2) is 13.1 Å². The van der Waals surface area contributed by atoms with Gasteiger partial charge < -0.3 is 5.32 Å². The Morgan fingerprint density at radius 3 is 2.69 bits per heavy atom. The van der Waals surface area contributed by atoms with Gasteiger partial charge in [-0.25, -0.2) is 0 Å². The van der Waals surface area contributed by atoms with E-state index in [0.29, 0.717) is 0 Å². The largest absolute Gasteiger partial charge is 0.316 e. The van der Waals surface area contributed by atoms with Gasteiger partial charge in [0.25, 0.3) is 0 Å². The molecule has 0 bridgehead atoms. The van der Waals surface area contributed by atoms with Crippen molar-refractivity contribution in [2.75, 3.05) is 13.1 Å². The summed E-state index contributed by atoms with van der Waals surface area (Å²) in [5.74, 6) is 2.76. The van der Waals surface area contributed by atoms with Crippen LogP contribution in [-0.2, 0) is 0 Å². The molecule has 1 saturated heterocycles. The molecular formula is C12H15N. The fourth-order valence-corrected chi connectivity index (χ4v) is 2.87. The van der Waals surface area contributed by atoms with Crippen molar-refractivity contribution in [2.45, 2.75) is 12.3 Å². The van der Waals surface area contributed by atoms with Crippen molar-refractivity contribution in [3.8, 4) is 0 Å². The highest BCUT2D eigenvalue weighted by molar-refractivity contribution is 5.24. The van der Waals surface area contributed by atoms with Crippen LogP contribution in [0.2, 0.25) is 0 Å². The van der Waals surface area contributed by atoms with E-state index in [0.717, 1.165) is 17.8 Å². The Hall–Kier alpha value is -0.820. The summed E-state index contributed by atoms with van der Waals surface area (Å²) in [4.78, 5) is 0. The van der Waals surface area contributed by atoms with Gasteiger partial charge in [-0.15, -0.1) is 0 Å². The summed E-state index contributed by atoms with van der Waals surface area (Å²) in [5.41, 5.74) is 1.55. The minimum absolute atomic E-state index is 0.848. The van der Waals surface area contributed by atoms with E-state index in [1.165, 1.54) is 19.5 Å². The lowest BCUT2D eigenvalue weighted by Crippen LogP contribution is -2.33. The van der Waals surface area contributed by atoms with E-state index in [1.807, 2.05) is 0 Å². The van der Waals surface area contributed by atoms with Crippen molar-refractivity contribution in [2.24, 2.45) is 11.8 Å². The van der Waals surface area contributed by atoms with Crippen LogP contribution in [0.25, 0.3) is 0 Å². The van der Waals surface area contributed by atoms with Crippen LogP contribution in [0.15, 0.2) is 30.3 Å². The zero-order chi connectivity index (χ0) is 8.67. The standard InChI is InChI=1S/C12H15N/c1-2-4-9(5-3-1)11-6-10-7-13-8-12(10)11/h1-5,10-13H,6-8H2/t10-,11+,12-/m1/s1. The molecule has 13 heavy (non-hydrogen) atoms.